The molecule has 2 aromatic rings. The fourth-order valence-electron chi connectivity index (χ4n) is 4.39. The zero-order valence-electron chi connectivity index (χ0n) is 24.3. The molecule has 0 spiro atoms. The van der Waals surface area contributed by atoms with Crippen molar-refractivity contribution < 1.29 is 19.2 Å². The molecule has 0 aliphatic heterocycles. The Labute approximate surface area is 235 Å². The molecule has 1 aromatic heterocycles. The van der Waals surface area contributed by atoms with Gasteiger partial charge in [0, 0.05) is 77.3 Å². The number of carbonyl (C=O) groups excluding carboxylic acids is 4. The maximum Gasteiger partial charge on any atom is 0.219 e. The fourth-order valence-corrected chi connectivity index (χ4v) is 4.39. The monoisotopic (exact) mass is 552 g/mol. The number of likely N-dealkylation sites (N-methyl/N-ethyl adjacent to an activating group) is 2. The molecular formula is C28H40N8O4. The molecule has 0 radical (unpaired) electrons. The van der Waals surface area contributed by atoms with Crippen molar-refractivity contribution in [3.63, 3.8) is 0 Å². The number of benzene rings is 1. The molecule has 0 atom stereocenters. The number of fused-ring (bicyclic) bond motifs is 2. The lowest BCUT2D eigenvalue weighted by Gasteiger charge is -2.25. The topological polar surface area (TPSA) is 131 Å². The van der Waals surface area contributed by atoms with Crippen LogP contribution >= 0.6 is 0 Å². The molecule has 2 amide bonds. The average molecular weight is 553 g/mol. The van der Waals surface area contributed by atoms with E-state index in [1.165, 1.54) is 13.8 Å². The Bertz CT molecular complexity index is 1150. The minimum atomic E-state index is -0.321. The zero-order chi connectivity index (χ0) is 29.4. The third-order valence-electron chi connectivity index (χ3n) is 6.72. The highest BCUT2D eigenvalue weighted by atomic mass is 16.2. The van der Waals surface area contributed by atoms with Gasteiger partial charge in [0.1, 0.15) is 0 Å². The molecule has 0 fully saturated rings. The Morgan fingerprint density at radius 2 is 1.02 bits per heavy atom. The van der Waals surface area contributed by atoms with Gasteiger partial charge in [0.2, 0.25) is 11.8 Å². The van der Waals surface area contributed by atoms with Crippen molar-refractivity contribution in [2.75, 3.05) is 91.2 Å². The highest BCUT2D eigenvalue weighted by Gasteiger charge is 2.35. The lowest BCUT2D eigenvalue weighted by molar-refractivity contribution is -0.129. The third kappa shape index (κ3) is 7.60. The van der Waals surface area contributed by atoms with Crippen LogP contribution in [-0.2, 0) is 9.59 Å². The molecule has 3 rings (SSSR count). The fraction of sp³-hybridized carbons (Fsp3) is 0.500. The van der Waals surface area contributed by atoms with Crippen LogP contribution in [0.2, 0.25) is 0 Å². The van der Waals surface area contributed by atoms with Crippen LogP contribution < -0.4 is 10.6 Å². The maximum absolute atomic E-state index is 13.6. The second kappa shape index (κ2) is 13.9. The molecular weight excluding hydrogens is 512 g/mol. The van der Waals surface area contributed by atoms with Gasteiger partial charge in [-0.2, -0.15) is 0 Å². The quantitative estimate of drug-likeness (QED) is 0.297. The average Bonchev–Trinajstić information content (AvgIpc) is 2.90. The van der Waals surface area contributed by atoms with Gasteiger partial charge >= 0.3 is 0 Å². The molecule has 1 heterocycles. The summed E-state index contributed by atoms with van der Waals surface area (Å²) in [6.45, 7) is 7.03. The molecule has 2 N–H and O–H groups in total. The first kappa shape index (κ1) is 30.6. The van der Waals surface area contributed by atoms with Crippen molar-refractivity contribution in [3.05, 3.63) is 46.5 Å². The molecule has 0 saturated carbocycles. The van der Waals surface area contributed by atoms with E-state index in [0.717, 1.165) is 13.1 Å². The van der Waals surface area contributed by atoms with Gasteiger partial charge in [0.15, 0.2) is 23.2 Å². The van der Waals surface area contributed by atoms with Crippen LogP contribution in [0.25, 0.3) is 0 Å². The van der Waals surface area contributed by atoms with E-state index >= 15 is 0 Å². The Hall–Kier alpha value is -3.90. The molecule has 12 nitrogen and oxygen atoms in total. The molecule has 0 unspecified atom stereocenters. The van der Waals surface area contributed by atoms with Crippen LogP contribution in [0.4, 0.5) is 11.6 Å². The first-order valence-electron chi connectivity index (χ1n) is 13.4. The number of rotatable bonds is 14. The minimum absolute atomic E-state index is 0.0540. The number of hydrogen-bond donors (Lipinski definition) is 2. The van der Waals surface area contributed by atoms with Crippen LogP contribution in [0.15, 0.2) is 24.3 Å². The van der Waals surface area contributed by atoms with Crippen molar-refractivity contribution in [3.8, 4) is 0 Å². The second-order valence-corrected chi connectivity index (χ2v) is 10.3. The molecule has 216 valence electrons. The van der Waals surface area contributed by atoms with Gasteiger partial charge in [-0.1, -0.05) is 24.3 Å². The molecule has 1 aliphatic rings. The first-order chi connectivity index (χ1) is 19.0. The van der Waals surface area contributed by atoms with Crippen LogP contribution in [0, 0.1) is 0 Å². The predicted octanol–water partition coefficient (Wildman–Crippen LogP) is 0.896. The van der Waals surface area contributed by atoms with Crippen molar-refractivity contribution in [2.45, 2.75) is 13.8 Å². The van der Waals surface area contributed by atoms with E-state index in [1.54, 1.807) is 34.1 Å². The van der Waals surface area contributed by atoms with Crippen LogP contribution in [-0.4, -0.2) is 134 Å². The van der Waals surface area contributed by atoms with Crippen molar-refractivity contribution in [1.82, 2.24) is 29.8 Å². The highest BCUT2D eigenvalue weighted by Crippen LogP contribution is 2.34. The van der Waals surface area contributed by atoms with Crippen molar-refractivity contribution >= 4 is 35.0 Å². The standard InChI is InChI=1S/C28H40N8O4/c1-19(37)35(17-15-33(3)4)13-11-29-27-23-24(26(40)22-10-8-7-9-21(22)25(23)39)28(32-31-27)30-12-14-36(20(2)38)18-16-34(5)6/h7-10H,11-18H2,1-6H3,(H,29,31)(H,30,32). The maximum atomic E-state index is 13.6. The Kier molecular flexibility index (Phi) is 10.7. The van der Waals surface area contributed by atoms with Gasteiger partial charge in [0.25, 0.3) is 0 Å². The summed E-state index contributed by atoms with van der Waals surface area (Å²) in [5.41, 5.74) is 0.925. The number of nitrogens with zero attached hydrogens (tertiary/aromatic N) is 6. The van der Waals surface area contributed by atoms with Crippen LogP contribution in [0.1, 0.15) is 45.7 Å². The summed E-state index contributed by atoms with van der Waals surface area (Å²) in [6, 6.07) is 6.69. The first-order valence-corrected chi connectivity index (χ1v) is 13.4. The smallest absolute Gasteiger partial charge is 0.219 e. The van der Waals surface area contributed by atoms with Gasteiger partial charge < -0.3 is 30.2 Å². The predicted molar refractivity (Wildman–Crippen MR) is 154 cm³/mol. The van der Waals surface area contributed by atoms with E-state index in [0.29, 0.717) is 50.4 Å². The minimum Gasteiger partial charge on any atom is -0.366 e. The molecule has 1 aliphatic carbocycles. The van der Waals surface area contributed by atoms with Crippen molar-refractivity contribution in [1.29, 1.82) is 0 Å². The van der Waals surface area contributed by atoms with Gasteiger partial charge in [-0.3, -0.25) is 19.2 Å². The number of aromatic nitrogens is 2. The van der Waals surface area contributed by atoms with E-state index in [4.69, 9.17) is 0 Å². The lowest BCUT2D eigenvalue weighted by Crippen LogP contribution is -2.38. The second-order valence-electron chi connectivity index (χ2n) is 10.3. The van der Waals surface area contributed by atoms with Crippen LogP contribution in [0.5, 0.6) is 0 Å². The number of anilines is 2. The van der Waals surface area contributed by atoms with Gasteiger partial charge in [-0.05, 0) is 28.2 Å². The Morgan fingerprint density at radius 3 is 1.35 bits per heavy atom. The third-order valence-corrected chi connectivity index (χ3v) is 6.72. The summed E-state index contributed by atoms with van der Waals surface area (Å²) in [4.78, 5) is 58.8. The summed E-state index contributed by atoms with van der Waals surface area (Å²) < 4.78 is 0. The van der Waals surface area contributed by atoms with Gasteiger partial charge in [-0.15, -0.1) is 10.2 Å². The highest BCUT2D eigenvalue weighted by molar-refractivity contribution is 6.31. The number of amides is 2. The summed E-state index contributed by atoms with van der Waals surface area (Å²) in [5.74, 6) is -0.360. The van der Waals surface area contributed by atoms with Gasteiger partial charge in [0.05, 0.1) is 11.1 Å². The van der Waals surface area contributed by atoms with E-state index in [9.17, 15) is 19.2 Å². The number of carbonyl (C=O) groups is 4. The summed E-state index contributed by atoms with van der Waals surface area (Å²) >= 11 is 0. The lowest BCUT2D eigenvalue weighted by atomic mass is 9.84. The van der Waals surface area contributed by atoms with E-state index < -0.39 is 0 Å². The van der Waals surface area contributed by atoms with Crippen LogP contribution in [0.3, 0.4) is 0 Å². The molecule has 40 heavy (non-hydrogen) atoms. The van der Waals surface area contributed by atoms with E-state index in [1.807, 2.05) is 38.0 Å². The Morgan fingerprint density at radius 1 is 0.650 bits per heavy atom. The largest absolute Gasteiger partial charge is 0.366 e. The molecule has 1 aromatic carbocycles. The molecule has 0 bridgehead atoms. The zero-order valence-corrected chi connectivity index (χ0v) is 24.3. The molecule has 0 saturated heterocycles. The summed E-state index contributed by atoms with van der Waals surface area (Å²) in [7, 11) is 7.76. The summed E-state index contributed by atoms with van der Waals surface area (Å²) in [5, 5.41) is 14.8. The van der Waals surface area contributed by atoms with Gasteiger partial charge in [-0.25, -0.2) is 0 Å². The van der Waals surface area contributed by atoms with Crippen molar-refractivity contribution in [2.24, 2.45) is 0 Å². The number of ketones is 2. The van der Waals surface area contributed by atoms with E-state index in [-0.39, 0.29) is 46.1 Å². The number of nitrogens with one attached hydrogen (secondary N) is 2. The molecule has 12 heteroatoms. The SMILES string of the molecule is CC(=O)N(CCNc1nnc(NCCN(CCN(C)C)C(C)=O)c2c1C(=O)c1ccccc1C2=O)CCN(C)C. The number of hydrogen-bond acceptors (Lipinski definition) is 10. The van der Waals surface area contributed by atoms with E-state index in [2.05, 4.69) is 20.8 Å². The normalized spacial score (nSPS) is 12.3. The summed E-state index contributed by atoms with van der Waals surface area (Å²) in [6.07, 6.45) is 0. The Balaban J connectivity index is 1.84.